The van der Waals surface area contributed by atoms with Crippen molar-refractivity contribution in [2.75, 3.05) is 0 Å². The summed E-state index contributed by atoms with van der Waals surface area (Å²) in [5.74, 6) is 0.311. The molecule has 0 aliphatic rings. The molecule has 1 heterocycles. The summed E-state index contributed by atoms with van der Waals surface area (Å²) >= 11 is 5.14. The molecule has 0 radical (unpaired) electrons. The summed E-state index contributed by atoms with van der Waals surface area (Å²) in [5, 5.41) is 5.18. The highest BCUT2D eigenvalue weighted by molar-refractivity contribution is 9.10. The van der Waals surface area contributed by atoms with Gasteiger partial charge in [-0.25, -0.2) is 0 Å². The molecule has 106 valence electrons. The topological polar surface area (TPSA) is 29.1 Å². The van der Waals surface area contributed by atoms with Crippen molar-refractivity contribution < 1.29 is 4.79 Å². The number of hydrogen-bond acceptors (Lipinski definition) is 2. The van der Waals surface area contributed by atoms with E-state index in [2.05, 4.69) is 41.2 Å². The maximum absolute atomic E-state index is 12.5. The lowest BCUT2D eigenvalue weighted by Crippen LogP contribution is -2.31. The first kappa shape index (κ1) is 15.3. The second kappa shape index (κ2) is 6.55. The Morgan fingerprint density at radius 1 is 1.30 bits per heavy atom. The van der Waals surface area contributed by atoms with Gasteiger partial charge in [-0.1, -0.05) is 26.0 Å². The zero-order valence-corrected chi connectivity index (χ0v) is 14.2. The van der Waals surface area contributed by atoms with E-state index in [1.807, 2.05) is 36.6 Å². The number of rotatable bonds is 4. The summed E-state index contributed by atoms with van der Waals surface area (Å²) in [5.41, 5.74) is 1.81. The second-order valence-corrected chi connectivity index (χ2v) is 7.03. The van der Waals surface area contributed by atoms with Crippen molar-refractivity contribution in [3.8, 4) is 0 Å². The van der Waals surface area contributed by atoms with Crippen molar-refractivity contribution in [2.45, 2.75) is 26.8 Å². The van der Waals surface area contributed by atoms with Crippen molar-refractivity contribution in [1.29, 1.82) is 0 Å². The Morgan fingerprint density at radius 3 is 2.60 bits per heavy atom. The van der Waals surface area contributed by atoms with E-state index < -0.39 is 0 Å². The van der Waals surface area contributed by atoms with E-state index in [0.717, 1.165) is 10.0 Å². The van der Waals surface area contributed by atoms with E-state index in [9.17, 15) is 4.79 Å². The maximum Gasteiger partial charge on any atom is 0.252 e. The van der Waals surface area contributed by atoms with Gasteiger partial charge in [0.05, 0.1) is 11.6 Å². The van der Waals surface area contributed by atoms with Crippen molar-refractivity contribution in [3.05, 3.63) is 56.2 Å². The molecule has 1 amide bonds. The van der Waals surface area contributed by atoms with E-state index >= 15 is 0 Å². The lowest BCUT2D eigenvalue weighted by molar-refractivity contribution is 0.0926. The first-order chi connectivity index (χ1) is 9.49. The van der Waals surface area contributed by atoms with E-state index in [1.54, 1.807) is 11.3 Å². The monoisotopic (exact) mass is 351 g/mol. The Hall–Kier alpha value is -1.13. The van der Waals surface area contributed by atoms with Crippen LogP contribution in [0.5, 0.6) is 0 Å². The molecule has 2 nitrogen and oxygen atoms in total. The SMILES string of the molecule is Cc1ccc(C(=O)NC(c2cccs2)C(C)C)c(Br)c1. The van der Waals surface area contributed by atoms with Gasteiger partial charge >= 0.3 is 0 Å². The Morgan fingerprint density at radius 2 is 2.05 bits per heavy atom. The summed E-state index contributed by atoms with van der Waals surface area (Å²) in [6, 6.07) is 9.92. The smallest absolute Gasteiger partial charge is 0.252 e. The first-order valence-corrected chi connectivity index (χ1v) is 8.26. The average Bonchev–Trinajstić information content (AvgIpc) is 2.88. The van der Waals surface area contributed by atoms with Crippen LogP contribution in [0.4, 0.5) is 0 Å². The number of hydrogen-bond donors (Lipinski definition) is 1. The quantitative estimate of drug-likeness (QED) is 0.829. The van der Waals surface area contributed by atoms with Gasteiger partial charge in [-0.3, -0.25) is 4.79 Å². The third kappa shape index (κ3) is 3.49. The van der Waals surface area contributed by atoms with Crippen LogP contribution in [0.25, 0.3) is 0 Å². The van der Waals surface area contributed by atoms with Gasteiger partial charge in [0, 0.05) is 9.35 Å². The maximum atomic E-state index is 12.5. The van der Waals surface area contributed by atoms with Crippen molar-refractivity contribution in [3.63, 3.8) is 0 Å². The van der Waals surface area contributed by atoms with Gasteiger partial charge < -0.3 is 5.32 Å². The highest BCUT2D eigenvalue weighted by Gasteiger charge is 2.21. The standard InChI is InChI=1S/C16H18BrNOS/c1-10(2)15(14-5-4-8-20-14)18-16(19)12-7-6-11(3)9-13(12)17/h4-10,15H,1-3H3,(H,18,19). The highest BCUT2D eigenvalue weighted by atomic mass is 79.9. The lowest BCUT2D eigenvalue weighted by atomic mass is 10.0. The van der Waals surface area contributed by atoms with Crippen LogP contribution in [0.1, 0.15) is 40.7 Å². The summed E-state index contributed by atoms with van der Waals surface area (Å²) in [6.45, 7) is 6.25. The Labute approximate surface area is 132 Å². The van der Waals surface area contributed by atoms with Gasteiger partial charge in [-0.05, 0) is 57.9 Å². The molecule has 0 saturated carbocycles. The fourth-order valence-electron chi connectivity index (χ4n) is 2.06. The molecule has 2 aromatic rings. The van der Waals surface area contributed by atoms with Crippen LogP contribution in [0.3, 0.4) is 0 Å². The zero-order chi connectivity index (χ0) is 14.7. The largest absolute Gasteiger partial charge is 0.344 e. The van der Waals surface area contributed by atoms with Crippen molar-refractivity contribution >= 4 is 33.2 Å². The first-order valence-electron chi connectivity index (χ1n) is 6.59. The Bertz CT molecular complexity index is 593. The van der Waals surface area contributed by atoms with E-state index in [1.165, 1.54) is 4.88 Å². The van der Waals surface area contributed by atoms with Crippen LogP contribution >= 0.6 is 27.3 Å². The molecule has 1 N–H and O–H groups in total. The number of benzene rings is 1. The van der Waals surface area contributed by atoms with Gasteiger partial charge in [-0.2, -0.15) is 0 Å². The number of thiophene rings is 1. The zero-order valence-electron chi connectivity index (χ0n) is 11.8. The van der Waals surface area contributed by atoms with Crippen LogP contribution in [0.2, 0.25) is 0 Å². The molecule has 0 fully saturated rings. The molecule has 0 saturated heterocycles. The molecular formula is C16H18BrNOS. The molecule has 0 spiro atoms. The molecule has 0 bridgehead atoms. The molecule has 1 unspecified atom stereocenters. The van der Waals surface area contributed by atoms with Crippen LogP contribution < -0.4 is 5.32 Å². The highest BCUT2D eigenvalue weighted by Crippen LogP contribution is 2.27. The third-order valence-electron chi connectivity index (χ3n) is 3.17. The van der Waals surface area contributed by atoms with Gasteiger partial charge in [0.2, 0.25) is 0 Å². The number of amides is 1. The van der Waals surface area contributed by atoms with Crippen molar-refractivity contribution in [2.24, 2.45) is 5.92 Å². The van der Waals surface area contributed by atoms with E-state index in [-0.39, 0.29) is 11.9 Å². The van der Waals surface area contributed by atoms with Gasteiger partial charge in [0.15, 0.2) is 0 Å². The molecule has 4 heteroatoms. The molecular weight excluding hydrogens is 334 g/mol. The van der Waals surface area contributed by atoms with Gasteiger partial charge in [0.25, 0.3) is 5.91 Å². The predicted molar refractivity (Wildman–Crippen MR) is 88.2 cm³/mol. The molecule has 20 heavy (non-hydrogen) atoms. The molecule has 0 aliphatic carbocycles. The van der Waals surface area contributed by atoms with Crippen LogP contribution in [-0.2, 0) is 0 Å². The fraction of sp³-hybridized carbons (Fsp3) is 0.312. The number of halogens is 1. The number of carbonyl (C=O) groups excluding carboxylic acids is 1. The van der Waals surface area contributed by atoms with Gasteiger partial charge in [0.1, 0.15) is 0 Å². The van der Waals surface area contributed by atoms with E-state index in [0.29, 0.717) is 11.5 Å². The van der Waals surface area contributed by atoms with Crippen LogP contribution in [0.15, 0.2) is 40.2 Å². The molecule has 2 rings (SSSR count). The lowest BCUT2D eigenvalue weighted by Gasteiger charge is -2.21. The number of carbonyl (C=O) groups is 1. The number of aryl methyl sites for hydroxylation is 1. The normalized spacial score (nSPS) is 12.4. The Kier molecular flexibility index (Phi) is 5.00. The molecule has 1 aromatic heterocycles. The molecule has 1 atom stereocenters. The number of nitrogens with one attached hydrogen (secondary N) is 1. The third-order valence-corrected chi connectivity index (χ3v) is 4.78. The minimum Gasteiger partial charge on any atom is -0.344 e. The fourth-order valence-corrected chi connectivity index (χ4v) is 3.68. The van der Waals surface area contributed by atoms with Crippen molar-refractivity contribution in [1.82, 2.24) is 5.32 Å². The summed E-state index contributed by atoms with van der Waals surface area (Å²) in [4.78, 5) is 13.6. The van der Waals surface area contributed by atoms with E-state index in [4.69, 9.17) is 0 Å². The van der Waals surface area contributed by atoms with Crippen LogP contribution in [-0.4, -0.2) is 5.91 Å². The summed E-state index contributed by atoms with van der Waals surface area (Å²) in [7, 11) is 0. The molecule has 1 aromatic carbocycles. The minimum absolute atomic E-state index is 0.0380. The molecule has 0 aliphatic heterocycles. The summed E-state index contributed by atoms with van der Waals surface area (Å²) < 4.78 is 0.837. The second-order valence-electron chi connectivity index (χ2n) is 5.19. The summed E-state index contributed by atoms with van der Waals surface area (Å²) in [6.07, 6.45) is 0. The Balaban J connectivity index is 2.21. The average molecular weight is 352 g/mol. The van der Waals surface area contributed by atoms with Crippen LogP contribution in [0, 0.1) is 12.8 Å². The minimum atomic E-state index is -0.0380. The van der Waals surface area contributed by atoms with Gasteiger partial charge in [-0.15, -0.1) is 11.3 Å². The predicted octanol–water partition coefficient (Wildman–Crippen LogP) is 4.95.